The molecule has 0 saturated carbocycles. The van der Waals surface area contributed by atoms with Crippen LogP contribution in [0.1, 0.15) is 24.2 Å². The number of benzene rings is 1. The lowest BCUT2D eigenvalue weighted by Gasteiger charge is -2.37. The number of nitrogens with zero attached hydrogens (tertiary/aromatic N) is 2. The molecule has 6 heteroatoms. The van der Waals surface area contributed by atoms with Crippen LogP contribution in [0.2, 0.25) is 0 Å². The standard InChI is InChI=1S/C17H20N2O3S/c1-2-23(21,22)13-16(20)19-12-11-18-10-6-9-15(18)17(19)14-7-4-3-5-8-14/h3-10,17H,2,11-13H2,1H3/t17-/m0/s1. The molecule has 2 heterocycles. The van der Waals surface area contributed by atoms with Crippen LogP contribution in [0.5, 0.6) is 0 Å². The molecule has 23 heavy (non-hydrogen) atoms. The Morgan fingerprint density at radius 1 is 1.13 bits per heavy atom. The number of rotatable bonds is 4. The Labute approximate surface area is 136 Å². The molecule has 1 aliphatic heterocycles. The van der Waals surface area contributed by atoms with Gasteiger partial charge in [-0.15, -0.1) is 0 Å². The highest BCUT2D eigenvalue weighted by Gasteiger charge is 2.33. The third kappa shape index (κ3) is 3.17. The van der Waals surface area contributed by atoms with Gasteiger partial charge < -0.3 is 9.47 Å². The van der Waals surface area contributed by atoms with Gasteiger partial charge in [0.15, 0.2) is 9.84 Å². The summed E-state index contributed by atoms with van der Waals surface area (Å²) < 4.78 is 25.8. The van der Waals surface area contributed by atoms with Gasteiger partial charge in [-0.3, -0.25) is 4.79 Å². The highest BCUT2D eigenvalue weighted by Crippen LogP contribution is 2.32. The average molecular weight is 332 g/mol. The SMILES string of the molecule is CCS(=O)(=O)CC(=O)N1CCn2cccc2[C@@H]1c1ccccc1. The van der Waals surface area contributed by atoms with Crippen molar-refractivity contribution in [3.8, 4) is 0 Å². The first-order valence-electron chi connectivity index (χ1n) is 7.71. The first kappa shape index (κ1) is 15.8. The molecule has 0 aliphatic carbocycles. The van der Waals surface area contributed by atoms with Gasteiger partial charge in [-0.2, -0.15) is 0 Å². The van der Waals surface area contributed by atoms with Gasteiger partial charge >= 0.3 is 0 Å². The van der Waals surface area contributed by atoms with Gasteiger partial charge in [-0.05, 0) is 17.7 Å². The zero-order chi connectivity index (χ0) is 16.4. The molecule has 0 unspecified atom stereocenters. The molecule has 1 amide bonds. The summed E-state index contributed by atoms with van der Waals surface area (Å²) in [5.74, 6) is -0.764. The van der Waals surface area contributed by atoms with Gasteiger partial charge in [0.25, 0.3) is 0 Å². The van der Waals surface area contributed by atoms with Crippen LogP contribution in [0.15, 0.2) is 48.7 Å². The van der Waals surface area contributed by atoms with E-state index in [9.17, 15) is 13.2 Å². The fourth-order valence-corrected chi connectivity index (χ4v) is 3.76. The minimum absolute atomic E-state index is 0.0149. The van der Waals surface area contributed by atoms with Crippen LogP contribution >= 0.6 is 0 Å². The summed E-state index contributed by atoms with van der Waals surface area (Å²) in [6, 6.07) is 13.5. The van der Waals surface area contributed by atoms with Gasteiger partial charge in [-0.25, -0.2) is 8.42 Å². The number of aromatic nitrogens is 1. The summed E-state index contributed by atoms with van der Waals surface area (Å²) in [4.78, 5) is 14.3. The smallest absolute Gasteiger partial charge is 0.238 e. The van der Waals surface area contributed by atoms with E-state index in [0.717, 1.165) is 11.3 Å². The van der Waals surface area contributed by atoms with Gasteiger partial charge in [0, 0.05) is 30.7 Å². The molecule has 1 aliphatic rings. The molecular formula is C17H20N2O3S. The maximum absolute atomic E-state index is 12.6. The van der Waals surface area contributed by atoms with Crippen LogP contribution in [-0.4, -0.2) is 41.8 Å². The normalized spacial score (nSPS) is 17.8. The third-order valence-electron chi connectivity index (χ3n) is 4.26. The number of hydrogen-bond donors (Lipinski definition) is 0. The van der Waals surface area contributed by atoms with Crippen LogP contribution in [0.4, 0.5) is 0 Å². The summed E-state index contributed by atoms with van der Waals surface area (Å²) >= 11 is 0. The summed E-state index contributed by atoms with van der Waals surface area (Å²) in [7, 11) is -3.34. The number of hydrogen-bond acceptors (Lipinski definition) is 3. The fourth-order valence-electron chi connectivity index (χ4n) is 3.01. The van der Waals surface area contributed by atoms with E-state index in [-0.39, 0.29) is 17.7 Å². The number of sulfone groups is 1. The van der Waals surface area contributed by atoms with Crippen molar-refractivity contribution >= 4 is 15.7 Å². The van der Waals surface area contributed by atoms with Crippen molar-refractivity contribution in [2.24, 2.45) is 0 Å². The van der Waals surface area contributed by atoms with Crippen LogP contribution in [0.3, 0.4) is 0 Å². The van der Waals surface area contributed by atoms with Crippen molar-refractivity contribution < 1.29 is 13.2 Å². The van der Waals surface area contributed by atoms with Gasteiger partial charge in [0.1, 0.15) is 5.75 Å². The summed E-state index contributed by atoms with van der Waals surface area (Å²) in [5.41, 5.74) is 2.01. The molecule has 5 nitrogen and oxygen atoms in total. The highest BCUT2D eigenvalue weighted by molar-refractivity contribution is 7.92. The van der Waals surface area contributed by atoms with Crippen molar-refractivity contribution in [1.82, 2.24) is 9.47 Å². The van der Waals surface area contributed by atoms with E-state index in [2.05, 4.69) is 4.57 Å². The monoisotopic (exact) mass is 332 g/mol. The Morgan fingerprint density at radius 2 is 1.87 bits per heavy atom. The molecule has 0 radical (unpaired) electrons. The van der Waals surface area contributed by atoms with E-state index in [1.807, 2.05) is 48.7 Å². The third-order valence-corrected chi connectivity index (χ3v) is 5.82. The Kier molecular flexibility index (Phi) is 4.26. The molecule has 2 aromatic rings. The number of carbonyl (C=O) groups excluding carboxylic acids is 1. The molecule has 1 aromatic carbocycles. The van der Waals surface area contributed by atoms with Gasteiger partial charge in [0.2, 0.25) is 5.91 Å². The van der Waals surface area contributed by atoms with E-state index < -0.39 is 15.6 Å². The molecule has 0 spiro atoms. The molecule has 1 atom stereocenters. The lowest BCUT2D eigenvalue weighted by atomic mass is 10.00. The highest BCUT2D eigenvalue weighted by atomic mass is 32.2. The molecule has 0 saturated heterocycles. The number of amides is 1. The molecule has 0 fully saturated rings. The van der Waals surface area contributed by atoms with E-state index >= 15 is 0 Å². The Hall–Kier alpha value is -2.08. The minimum Gasteiger partial charge on any atom is -0.348 e. The zero-order valence-corrected chi connectivity index (χ0v) is 13.9. The van der Waals surface area contributed by atoms with Crippen molar-refractivity contribution in [3.63, 3.8) is 0 Å². The quantitative estimate of drug-likeness (QED) is 0.858. The van der Waals surface area contributed by atoms with Gasteiger partial charge in [0.05, 0.1) is 6.04 Å². The Morgan fingerprint density at radius 3 is 2.57 bits per heavy atom. The largest absolute Gasteiger partial charge is 0.348 e. The lowest BCUT2D eigenvalue weighted by molar-refractivity contribution is -0.131. The second-order valence-corrected chi connectivity index (χ2v) is 8.06. The maximum atomic E-state index is 12.6. The maximum Gasteiger partial charge on any atom is 0.238 e. The van der Waals surface area contributed by atoms with Crippen LogP contribution < -0.4 is 0 Å². The van der Waals surface area contributed by atoms with E-state index in [0.29, 0.717) is 13.1 Å². The molecule has 1 aromatic heterocycles. The van der Waals surface area contributed by atoms with Crippen molar-refractivity contribution in [3.05, 3.63) is 59.9 Å². The predicted octanol–water partition coefficient (Wildman–Crippen LogP) is 1.85. The predicted molar refractivity (Wildman–Crippen MR) is 88.8 cm³/mol. The molecule has 0 N–H and O–H groups in total. The van der Waals surface area contributed by atoms with Crippen molar-refractivity contribution in [2.75, 3.05) is 18.1 Å². The summed E-state index contributed by atoms with van der Waals surface area (Å²) in [6.45, 7) is 2.77. The average Bonchev–Trinajstić information content (AvgIpc) is 3.03. The van der Waals surface area contributed by atoms with Crippen LogP contribution in [-0.2, 0) is 21.2 Å². The lowest BCUT2D eigenvalue weighted by Crippen LogP contribution is -2.44. The van der Waals surface area contributed by atoms with E-state index in [1.54, 1.807) is 11.8 Å². The van der Waals surface area contributed by atoms with Crippen LogP contribution in [0, 0.1) is 0 Å². The van der Waals surface area contributed by atoms with Gasteiger partial charge in [-0.1, -0.05) is 37.3 Å². The molecule has 3 rings (SSSR count). The number of fused-ring (bicyclic) bond motifs is 1. The Balaban J connectivity index is 1.98. The molecular weight excluding hydrogens is 312 g/mol. The molecule has 0 bridgehead atoms. The van der Waals surface area contributed by atoms with Crippen molar-refractivity contribution in [2.45, 2.75) is 19.5 Å². The fraction of sp³-hybridized carbons (Fsp3) is 0.353. The topological polar surface area (TPSA) is 59.4 Å². The van der Waals surface area contributed by atoms with E-state index in [1.165, 1.54) is 0 Å². The first-order valence-corrected chi connectivity index (χ1v) is 9.54. The molecule has 122 valence electrons. The zero-order valence-electron chi connectivity index (χ0n) is 13.1. The second kappa shape index (κ2) is 6.20. The summed E-state index contributed by atoms with van der Waals surface area (Å²) in [6.07, 6.45) is 2.00. The van der Waals surface area contributed by atoms with E-state index in [4.69, 9.17) is 0 Å². The Bertz CT molecular complexity index is 796. The number of carbonyl (C=O) groups is 1. The minimum atomic E-state index is -3.34. The second-order valence-electron chi connectivity index (χ2n) is 5.70. The summed E-state index contributed by atoms with van der Waals surface area (Å²) in [5, 5.41) is 0. The first-order chi connectivity index (χ1) is 11.0. The van der Waals surface area contributed by atoms with Crippen LogP contribution in [0.25, 0.3) is 0 Å². The van der Waals surface area contributed by atoms with Crippen molar-refractivity contribution in [1.29, 1.82) is 0 Å².